The number of nitrogens with zero attached hydrogens (tertiary/aromatic N) is 4. The molecule has 11 heteroatoms. The van der Waals surface area contributed by atoms with Crippen molar-refractivity contribution in [2.24, 2.45) is 0 Å². The van der Waals surface area contributed by atoms with Crippen molar-refractivity contribution in [1.82, 2.24) is 10.1 Å². The van der Waals surface area contributed by atoms with Crippen LogP contribution in [0.5, 0.6) is 5.88 Å². The number of carbonyl (C=O) groups is 1. The molecule has 0 radical (unpaired) electrons. The molecule has 1 fully saturated rings. The van der Waals surface area contributed by atoms with Crippen LogP contribution in [0.15, 0.2) is 57.7 Å². The van der Waals surface area contributed by atoms with Gasteiger partial charge in [0.15, 0.2) is 5.76 Å². The minimum atomic E-state index is -0.428. The number of hydrogen-bond acceptors (Lipinski definition) is 10. The van der Waals surface area contributed by atoms with Crippen LogP contribution in [-0.2, 0) is 16.1 Å². The van der Waals surface area contributed by atoms with Crippen LogP contribution in [0.1, 0.15) is 20.1 Å². The smallest absolute Gasteiger partial charge is 0.348 e. The number of esters is 1. The molecule has 0 amide bonds. The molecule has 0 spiro atoms. The maximum atomic E-state index is 11.9. The Kier molecular flexibility index (Phi) is 7.50. The number of ether oxygens (including phenoxy) is 3. The van der Waals surface area contributed by atoms with Gasteiger partial charge < -0.3 is 23.6 Å². The molecule has 37 heavy (non-hydrogen) atoms. The zero-order valence-electron chi connectivity index (χ0n) is 19.8. The number of rotatable bonds is 7. The zero-order chi connectivity index (χ0) is 25.8. The minimum absolute atomic E-state index is 0.0964. The predicted octanol–water partition coefficient (Wildman–Crippen LogP) is 5.30. The molecule has 4 aromatic rings. The van der Waals surface area contributed by atoms with E-state index in [9.17, 15) is 10.1 Å². The van der Waals surface area contributed by atoms with Crippen molar-refractivity contribution < 1.29 is 23.5 Å². The summed E-state index contributed by atoms with van der Waals surface area (Å²) in [5, 5.41) is 13.8. The quantitative estimate of drug-likeness (QED) is 0.269. The lowest BCUT2D eigenvalue weighted by atomic mass is 10.0. The monoisotopic (exact) mass is 580 g/mol. The van der Waals surface area contributed by atoms with Crippen LogP contribution < -0.4 is 9.64 Å². The van der Waals surface area contributed by atoms with Crippen molar-refractivity contribution in [3.8, 4) is 34.5 Å². The van der Waals surface area contributed by atoms with Gasteiger partial charge in [-0.05, 0) is 40.2 Å². The van der Waals surface area contributed by atoms with Gasteiger partial charge >= 0.3 is 5.97 Å². The highest BCUT2D eigenvalue weighted by Crippen LogP contribution is 2.35. The van der Waals surface area contributed by atoms with Crippen molar-refractivity contribution in [2.45, 2.75) is 6.61 Å². The van der Waals surface area contributed by atoms with Crippen LogP contribution in [0, 0.1) is 11.3 Å². The maximum absolute atomic E-state index is 11.9. The third kappa shape index (κ3) is 5.36. The number of morpholine rings is 1. The number of thiophene rings is 1. The SMILES string of the molecule is COC(=O)c1cc(Br)c(COc2nc(-c3ccc(N4CCOCC4)cc3)cc(-c3ccno3)c2C#N)s1. The van der Waals surface area contributed by atoms with Crippen molar-refractivity contribution in [1.29, 1.82) is 5.26 Å². The molecule has 188 valence electrons. The first-order valence-corrected chi connectivity index (χ1v) is 13.0. The summed E-state index contributed by atoms with van der Waals surface area (Å²) in [7, 11) is 1.33. The van der Waals surface area contributed by atoms with E-state index in [1.807, 2.05) is 24.3 Å². The van der Waals surface area contributed by atoms with Gasteiger partial charge in [0.2, 0.25) is 5.88 Å². The fourth-order valence-electron chi connectivity index (χ4n) is 3.94. The van der Waals surface area contributed by atoms with E-state index in [0.29, 0.717) is 39.6 Å². The molecule has 0 bridgehead atoms. The number of methoxy groups -OCH3 is 1. The summed E-state index contributed by atoms with van der Waals surface area (Å²) in [6.45, 7) is 3.21. The second kappa shape index (κ2) is 11.1. The predicted molar refractivity (Wildman–Crippen MR) is 141 cm³/mol. The van der Waals surface area contributed by atoms with Gasteiger partial charge in [-0.15, -0.1) is 11.3 Å². The number of hydrogen-bond donors (Lipinski definition) is 0. The normalized spacial score (nSPS) is 13.3. The van der Waals surface area contributed by atoms with Crippen molar-refractivity contribution >= 4 is 38.9 Å². The van der Waals surface area contributed by atoms with Gasteiger partial charge in [0.1, 0.15) is 23.1 Å². The van der Waals surface area contributed by atoms with Crippen molar-refractivity contribution in [2.75, 3.05) is 38.3 Å². The first-order valence-electron chi connectivity index (χ1n) is 11.4. The zero-order valence-corrected chi connectivity index (χ0v) is 22.2. The maximum Gasteiger partial charge on any atom is 0.348 e. The van der Waals surface area contributed by atoms with Gasteiger partial charge in [0.25, 0.3) is 0 Å². The fourth-order valence-corrected chi connectivity index (χ4v) is 5.56. The topological polar surface area (TPSA) is 111 Å². The lowest BCUT2D eigenvalue weighted by Crippen LogP contribution is -2.36. The summed E-state index contributed by atoms with van der Waals surface area (Å²) in [6, 6.07) is 15.4. The largest absolute Gasteiger partial charge is 0.471 e. The van der Waals surface area contributed by atoms with Gasteiger partial charge in [0, 0.05) is 40.4 Å². The Morgan fingerprint density at radius 1 is 1.22 bits per heavy atom. The van der Waals surface area contributed by atoms with Gasteiger partial charge in [-0.1, -0.05) is 17.3 Å². The molecule has 1 aliphatic heterocycles. The molecule has 5 rings (SSSR count). The number of nitriles is 1. The van der Waals surface area contributed by atoms with E-state index >= 15 is 0 Å². The molecule has 4 heterocycles. The van der Waals surface area contributed by atoms with Crippen molar-refractivity contribution in [3.63, 3.8) is 0 Å². The van der Waals surface area contributed by atoms with E-state index in [0.717, 1.165) is 29.2 Å². The lowest BCUT2D eigenvalue weighted by Gasteiger charge is -2.28. The highest BCUT2D eigenvalue weighted by atomic mass is 79.9. The van der Waals surface area contributed by atoms with E-state index in [1.165, 1.54) is 24.6 Å². The van der Waals surface area contributed by atoms with Gasteiger partial charge in [0.05, 0.1) is 37.1 Å². The average molecular weight is 581 g/mol. The first-order chi connectivity index (χ1) is 18.1. The van der Waals surface area contributed by atoms with Crippen LogP contribution >= 0.6 is 27.3 Å². The van der Waals surface area contributed by atoms with Crippen LogP contribution in [0.3, 0.4) is 0 Å². The third-order valence-electron chi connectivity index (χ3n) is 5.82. The standard InChI is InChI=1S/C26H21BrN4O5S/c1-33-26(32)23-13-20(27)24(37-23)15-35-25-19(14-28)18(22-6-7-29-36-22)12-21(30-25)16-2-4-17(5-3-16)31-8-10-34-11-9-31/h2-7,12-13H,8-11,15H2,1H3. The highest BCUT2D eigenvalue weighted by molar-refractivity contribution is 9.10. The molecule has 0 N–H and O–H groups in total. The number of anilines is 1. The molecule has 0 saturated carbocycles. The molecule has 0 unspecified atom stereocenters. The van der Waals surface area contributed by atoms with Crippen LogP contribution in [0.2, 0.25) is 0 Å². The van der Waals surface area contributed by atoms with Crippen LogP contribution in [0.25, 0.3) is 22.6 Å². The van der Waals surface area contributed by atoms with Crippen LogP contribution in [0.4, 0.5) is 5.69 Å². The molecule has 1 saturated heterocycles. The van der Waals surface area contributed by atoms with Crippen LogP contribution in [-0.4, -0.2) is 49.5 Å². The number of aromatic nitrogens is 2. The number of pyridine rings is 1. The summed E-state index contributed by atoms with van der Waals surface area (Å²) in [6.07, 6.45) is 1.52. The molecule has 0 aliphatic carbocycles. The Morgan fingerprint density at radius 2 is 2.00 bits per heavy atom. The molecular formula is C26H21BrN4O5S. The molecule has 3 aromatic heterocycles. The third-order valence-corrected chi connectivity index (χ3v) is 7.88. The number of benzene rings is 1. The molecule has 1 aromatic carbocycles. The second-order valence-electron chi connectivity index (χ2n) is 8.03. The Bertz CT molecular complexity index is 1440. The Labute approximate surface area is 225 Å². The summed E-state index contributed by atoms with van der Waals surface area (Å²) in [5.41, 5.74) is 3.34. The second-order valence-corrected chi connectivity index (χ2v) is 10.0. The van der Waals surface area contributed by atoms with E-state index in [-0.39, 0.29) is 18.1 Å². The average Bonchev–Trinajstić information content (AvgIpc) is 3.61. The van der Waals surface area contributed by atoms with E-state index in [1.54, 1.807) is 18.2 Å². The molecule has 9 nitrogen and oxygen atoms in total. The molecule has 0 atom stereocenters. The summed E-state index contributed by atoms with van der Waals surface area (Å²) in [4.78, 5) is 20.1. The van der Waals surface area contributed by atoms with E-state index in [2.05, 4.69) is 37.0 Å². The van der Waals surface area contributed by atoms with Gasteiger partial charge in [-0.3, -0.25) is 0 Å². The fraction of sp³-hybridized carbons (Fsp3) is 0.231. The van der Waals surface area contributed by atoms with Gasteiger partial charge in [-0.25, -0.2) is 9.78 Å². The van der Waals surface area contributed by atoms with Gasteiger partial charge in [-0.2, -0.15) is 5.26 Å². The van der Waals surface area contributed by atoms with E-state index < -0.39 is 5.97 Å². The lowest BCUT2D eigenvalue weighted by molar-refractivity contribution is 0.0606. The Balaban J connectivity index is 1.49. The molecule has 1 aliphatic rings. The Hall–Kier alpha value is -3.72. The first kappa shape index (κ1) is 25.0. The summed E-state index contributed by atoms with van der Waals surface area (Å²) < 4.78 is 22.4. The number of halogens is 1. The molecular weight excluding hydrogens is 560 g/mol. The Morgan fingerprint density at radius 3 is 2.68 bits per heavy atom. The summed E-state index contributed by atoms with van der Waals surface area (Å²) in [5.74, 6) is 0.159. The number of carbonyl (C=O) groups excluding carboxylic acids is 1. The minimum Gasteiger partial charge on any atom is -0.471 e. The van der Waals surface area contributed by atoms with Crippen molar-refractivity contribution in [3.05, 3.63) is 68.5 Å². The van der Waals surface area contributed by atoms with E-state index in [4.69, 9.17) is 18.7 Å². The summed E-state index contributed by atoms with van der Waals surface area (Å²) >= 11 is 4.71. The highest BCUT2D eigenvalue weighted by Gasteiger charge is 2.21.